The number of hydrogen-bond acceptors (Lipinski definition) is 4. The van der Waals surface area contributed by atoms with Crippen LogP contribution in [0.15, 0.2) is 4.52 Å². The summed E-state index contributed by atoms with van der Waals surface area (Å²) < 4.78 is 5.50. The number of fused-ring (bicyclic) bond motifs is 1. The van der Waals surface area contributed by atoms with Crippen LogP contribution < -0.4 is 5.32 Å². The predicted octanol–water partition coefficient (Wildman–Crippen LogP) is 3.82. The highest BCUT2D eigenvalue weighted by molar-refractivity contribution is 5.93. The number of hydrogen-bond donors (Lipinski definition) is 1. The lowest BCUT2D eigenvalue weighted by Gasteiger charge is -2.41. The van der Waals surface area contributed by atoms with Crippen LogP contribution in [-0.2, 0) is 12.8 Å². The molecule has 2 aliphatic rings. The van der Waals surface area contributed by atoms with Gasteiger partial charge in [0.25, 0.3) is 5.91 Å². The Balaban J connectivity index is 1.65. The molecule has 1 aliphatic carbocycles. The van der Waals surface area contributed by atoms with E-state index in [2.05, 4.69) is 50.0 Å². The van der Waals surface area contributed by atoms with Crippen molar-refractivity contribution in [2.45, 2.75) is 78.7 Å². The van der Waals surface area contributed by atoms with E-state index in [1.54, 1.807) is 0 Å². The van der Waals surface area contributed by atoms with Crippen molar-refractivity contribution in [1.29, 1.82) is 0 Å². The van der Waals surface area contributed by atoms with Gasteiger partial charge < -0.3 is 9.84 Å². The number of aromatic nitrogens is 1. The molecule has 1 fully saturated rings. The summed E-state index contributed by atoms with van der Waals surface area (Å²) >= 11 is 0. The van der Waals surface area contributed by atoms with Crippen LogP contribution in [0.4, 0.5) is 0 Å². The maximum atomic E-state index is 12.8. The highest BCUT2D eigenvalue weighted by Gasteiger charge is 2.35. The summed E-state index contributed by atoms with van der Waals surface area (Å²) in [5, 5.41) is 7.25. The lowest BCUT2D eigenvalue weighted by Crippen LogP contribution is -2.53. The molecule has 0 bridgehead atoms. The number of likely N-dealkylation sites (tertiary alicyclic amines) is 1. The van der Waals surface area contributed by atoms with Crippen molar-refractivity contribution in [2.75, 3.05) is 19.6 Å². The van der Waals surface area contributed by atoms with Crippen LogP contribution in [0.5, 0.6) is 0 Å². The second-order valence-corrected chi connectivity index (χ2v) is 9.78. The standard InChI is InChI=1S/C21H35N3O2/c1-20(2,3)15-9-10-17-16(13-15)18(23-26-17)19(25)22-14-21(4,5)24-11-7-6-8-12-24/h15H,6-14H2,1-5H3,(H,22,25)/t15-/m0/s1. The van der Waals surface area contributed by atoms with Crippen LogP contribution >= 0.6 is 0 Å². The van der Waals surface area contributed by atoms with E-state index in [1.807, 2.05) is 0 Å². The minimum atomic E-state index is -0.0883. The molecule has 0 unspecified atom stereocenters. The molecule has 0 aromatic carbocycles. The summed E-state index contributed by atoms with van der Waals surface area (Å²) in [6.07, 6.45) is 6.70. The highest BCUT2D eigenvalue weighted by atomic mass is 16.5. The molecular formula is C21H35N3O2. The Morgan fingerprint density at radius 2 is 1.88 bits per heavy atom. The van der Waals surface area contributed by atoms with Crippen molar-refractivity contribution in [1.82, 2.24) is 15.4 Å². The molecular weight excluding hydrogens is 326 g/mol. The third-order valence-electron chi connectivity index (χ3n) is 6.37. The Kier molecular flexibility index (Phi) is 5.48. The molecule has 1 amide bonds. The summed E-state index contributed by atoms with van der Waals surface area (Å²) in [4.78, 5) is 15.3. The molecule has 1 aliphatic heterocycles. The molecule has 26 heavy (non-hydrogen) atoms. The molecule has 0 spiro atoms. The molecule has 1 saturated heterocycles. The third-order valence-corrected chi connectivity index (χ3v) is 6.37. The van der Waals surface area contributed by atoms with E-state index < -0.39 is 0 Å². The number of rotatable bonds is 4. The number of amides is 1. The first kappa shape index (κ1) is 19.4. The maximum Gasteiger partial charge on any atom is 0.273 e. The van der Waals surface area contributed by atoms with Gasteiger partial charge in [-0.1, -0.05) is 32.3 Å². The number of nitrogens with one attached hydrogen (secondary N) is 1. The Hall–Kier alpha value is -1.36. The molecule has 1 aromatic rings. The van der Waals surface area contributed by atoms with Gasteiger partial charge in [-0.3, -0.25) is 9.69 Å². The van der Waals surface area contributed by atoms with Crippen LogP contribution in [0.3, 0.4) is 0 Å². The largest absolute Gasteiger partial charge is 0.360 e. The Morgan fingerprint density at radius 3 is 2.54 bits per heavy atom. The summed E-state index contributed by atoms with van der Waals surface area (Å²) in [6.45, 7) is 14.1. The van der Waals surface area contributed by atoms with Gasteiger partial charge in [-0.2, -0.15) is 0 Å². The molecule has 5 heteroatoms. The van der Waals surface area contributed by atoms with Crippen LogP contribution in [0, 0.1) is 11.3 Å². The molecule has 5 nitrogen and oxygen atoms in total. The number of aryl methyl sites for hydroxylation is 1. The second kappa shape index (κ2) is 7.34. The zero-order valence-electron chi connectivity index (χ0n) is 17.2. The fraction of sp³-hybridized carbons (Fsp3) is 0.810. The van der Waals surface area contributed by atoms with Gasteiger partial charge in [0.2, 0.25) is 0 Å². The maximum absolute atomic E-state index is 12.8. The smallest absolute Gasteiger partial charge is 0.273 e. The first-order valence-electron chi connectivity index (χ1n) is 10.2. The zero-order chi connectivity index (χ0) is 18.9. The second-order valence-electron chi connectivity index (χ2n) is 9.78. The van der Waals surface area contributed by atoms with Gasteiger partial charge in [0.05, 0.1) is 0 Å². The Morgan fingerprint density at radius 1 is 1.19 bits per heavy atom. The van der Waals surface area contributed by atoms with Crippen molar-refractivity contribution in [3.8, 4) is 0 Å². The summed E-state index contributed by atoms with van der Waals surface area (Å²) in [7, 11) is 0. The predicted molar refractivity (Wildman–Crippen MR) is 103 cm³/mol. The van der Waals surface area contributed by atoms with Crippen molar-refractivity contribution in [3.63, 3.8) is 0 Å². The lowest BCUT2D eigenvalue weighted by atomic mass is 9.71. The summed E-state index contributed by atoms with van der Waals surface area (Å²) in [5.41, 5.74) is 1.74. The molecule has 2 heterocycles. The van der Waals surface area contributed by atoms with Gasteiger partial charge >= 0.3 is 0 Å². The van der Waals surface area contributed by atoms with Gasteiger partial charge in [0, 0.05) is 24.1 Å². The topological polar surface area (TPSA) is 58.4 Å². The van der Waals surface area contributed by atoms with Crippen molar-refractivity contribution in [3.05, 3.63) is 17.0 Å². The van der Waals surface area contributed by atoms with E-state index in [4.69, 9.17) is 4.52 Å². The first-order valence-corrected chi connectivity index (χ1v) is 10.2. The molecule has 0 saturated carbocycles. The number of carbonyl (C=O) groups excluding carboxylic acids is 1. The SMILES string of the molecule is CC(C)(C)[C@H]1CCc2onc(C(=O)NCC(C)(C)N3CCCCC3)c2C1. The Labute approximate surface area is 157 Å². The van der Waals surface area contributed by atoms with Crippen molar-refractivity contribution in [2.24, 2.45) is 11.3 Å². The van der Waals surface area contributed by atoms with Crippen molar-refractivity contribution >= 4 is 5.91 Å². The van der Waals surface area contributed by atoms with Crippen molar-refractivity contribution < 1.29 is 9.32 Å². The molecule has 1 N–H and O–H groups in total. The number of piperidine rings is 1. The van der Waals surface area contributed by atoms with Crippen LogP contribution in [0.25, 0.3) is 0 Å². The van der Waals surface area contributed by atoms with Gasteiger partial charge in [-0.25, -0.2) is 0 Å². The minimum Gasteiger partial charge on any atom is -0.360 e. The fourth-order valence-electron chi connectivity index (χ4n) is 4.31. The van der Waals surface area contributed by atoms with E-state index in [0.29, 0.717) is 18.2 Å². The normalized spacial score (nSPS) is 22.1. The fourth-order valence-corrected chi connectivity index (χ4v) is 4.31. The number of carbonyl (C=O) groups is 1. The average molecular weight is 362 g/mol. The molecule has 0 radical (unpaired) electrons. The third kappa shape index (κ3) is 4.13. The van der Waals surface area contributed by atoms with E-state index in [0.717, 1.165) is 43.7 Å². The molecule has 146 valence electrons. The van der Waals surface area contributed by atoms with E-state index in [9.17, 15) is 4.79 Å². The summed E-state index contributed by atoms with van der Waals surface area (Å²) in [6, 6.07) is 0. The van der Waals surface area contributed by atoms with E-state index in [1.165, 1.54) is 19.3 Å². The van der Waals surface area contributed by atoms with Gasteiger partial charge in [0.1, 0.15) is 5.76 Å². The highest BCUT2D eigenvalue weighted by Crippen LogP contribution is 2.38. The van der Waals surface area contributed by atoms with E-state index >= 15 is 0 Å². The van der Waals surface area contributed by atoms with Gasteiger partial charge in [-0.15, -0.1) is 0 Å². The average Bonchev–Trinajstić information content (AvgIpc) is 3.03. The first-order chi connectivity index (χ1) is 12.2. The van der Waals surface area contributed by atoms with Gasteiger partial charge in [0.15, 0.2) is 5.69 Å². The quantitative estimate of drug-likeness (QED) is 0.886. The Bertz CT molecular complexity index is 636. The van der Waals surface area contributed by atoms with Gasteiger partial charge in [-0.05, 0) is 64.0 Å². The monoisotopic (exact) mass is 361 g/mol. The molecule has 1 aromatic heterocycles. The van der Waals surface area contributed by atoms with Crippen LogP contribution in [0.1, 0.15) is 82.1 Å². The molecule has 3 rings (SSSR count). The summed E-state index contributed by atoms with van der Waals surface area (Å²) in [5.74, 6) is 1.38. The molecule has 1 atom stereocenters. The zero-order valence-corrected chi connectivity index (χ0v) is 17.2. The minimum absolute atomic E-state index is 0.0339. The number of nitrogens with zero attached hydrogens (tertiary/aromatic N) is 2. The van der Waals surface area contributed by atoms with Crippen LogP contribution in [-0.4, -0.2) is 41.1 Å². The van der Waals surface area contributed by atoms with Crippen LogP contribution in [0.2, 0.25) is 0 Å². The lowest BCUT2D eigenvalue weighted by molar-refractivity contribution is 0.0791. The van der Waals surface area contributed by atoms with E-state index in [-0.39, 0.29) is 16.9 Å².